The van der Waals surface area contributed by atoms with Crippen molar-refractivity contribution in [1.29, 1.82) is 0 Å². The van der Waals surface area contributed by atoms with Crippen LogP contribution in [0.4, 0.5) is 13.2 Å². The molecule has 0 aliphatic carbocycles. The normalized spacial score (nSPS) is 19.0. The second-order valence-electron chi connectivity index (χ2n) is 8.44. The first kappa shape index (κ1) is 22.8. The number of halogens is 3. The van der Waals surface area contributed by atoms with Gasteiger partial charge in [-0.05, 0) is 23.1 Å². The van der Waals surface area contributed by atoms with Crippen molar-refractivity contribution in [3.05, 3.63) is 71.3 Å². The van der Waals surface area contributed by atoms with Gasteiger partial charge in [0.2, 0.25) is 11.8 Å². The van der Waals surface area contributed by atoms with Crippen LogP contribution >= 0.6 is 0 Å². The third-order valence-electron chi connectivity index (χ3n) is 5.54. The fraction of sp³-hybridized carbons (Fsp3) is 0.417. The maximum absolute atomic E-state index is 13.2. The molecule has 2 atom stereocenters. The van der Waals surface area contributed by atoms with Crippen LogP contribution in [0.15, 0.2) is 54.6 Å². The van der Waals surface area contributed by atoms with Crippen LogP contribution in [0.3, 0.4) is 0 Å². The Balaban J connectivity index is 1.82. The van der Waals surface area contributed by atoms with Crippen LogP contribution in [0.1, 0.15) is 42.9 Å². The topological polar surface area (TPSA) is 49.4 Å². The quantitative estimate of drug-likeness (QED) is 0.725. The van der Waals surface area contributed by atoms with Gasteiger partial charge in [0.15, 0.2) is 0 Å². The number of benzene rings is 2. The third kappa shape index (κ3) is 5.87. The van der Waals surface area contributed by atoms with E-state index in [-0.39, 0.29) is 30.8 Å². The van der Waals surface area contributed by atoms with Gasteiger partial charge in [-0.1, -0.05) is 62.4 Å². The molecule has 1 saturated heterocycles. The number of nitrogens with one attached hydrogen (secondary N) is 1. The number of rotatable bonds is 6. The van der Waals surface area contributed by atoms with Crippen LogP contribution in [0.5, 0.6) is 0 Å². The minimum absolute atomic E-state index is 0.0784. The molecule has 0 saturated carbocycles. The number of likely N-dealkylation sites (tertiary alicyclic amines) is 1. The monoisotopic (exact) mass is 432 g/mol. The second kappa shape index (κ2) is 9.54. The zero-order chi connectivity index (χ0) is 22.6. The molecule has 1 fully saturated rings. The largest absolute Gasteiger partial charge is 0.416 e. The molecule has 3 rings (SSSR count). The van der Waals surface area contributed by atoms with Gasteiger partial charge in [-0.25, -0.2) is 0 Å². The van der Waals surface area contributed by atoms with Gasteiger partial charge in [0.1, 0.15) is 0 Å². The van der Waals surface area contributed by atoms with E-state index in [2.05, 4.69) is 5.32 Å². The molecule has 0 aromatic heterocycles. The molecule has 0 spiro atoms. The lowest BCUT2D eigenvalue weighted by atomic mass is 9.87. The standard InChI is InChI=1S/C24H27F3N2O2/c1-16(2)11-22(30)29-14-20(18-9-6-10-19(12-18)24(25,26)27)21(15-29)23(31)28-13-17-7-4-3-5-8-17/h3-10,12,16,20-21H,11,13-15H2,1-2H3,(H,28,31)/t20-,21+/m1/s1. The van der Waals surface area contributed by atoms with Crippen molar-refractivity contribution in [3.8, 4) is 0 Å². The van der Waals surface area contributed by atoms with E-state index in [9.17, 15) is 22.8 Å². The van der Waals surface area contributed by atoms with E-state index >= 15 is 0 Å². The number of hydrogen-bond donors (Lipinski definition) is 1. The molecule has 0 unspecified atom stereocenters. The van der Waals surface area contributed by atoms with Gasteiger partial charge in [0, 0.05) is 32.0 Å². The van der Waals surface area contributed by atoms with Crippen molar-refractivity contribution in [1.82, 2.24) is 10.2 Å². The van der Waals surface area contributed by atoms with Crippen molar-refractivity contribution in [3.63, 3.8) is 0 Å². The van der Waals surface area contributed by atoms with Gasteiger partial charge in [0.05, 0.1) is 11.5 Å². The number of alkyl halides is 3. The van der Waals surface area contributed by atoms with Crippen LogP contribution in [-0.4, -0.2) is 29.8 Å². The smallest absolute Gasteiger partial charge is 0.352 e. The SMILES string of the molecule is CC(C)CC(=O)N1C[C@H](C(=O)NCc2ccccc2)[C@@H](c2cccc(C(F)(F)F)c2)C1. The van der Waals surface area contributed by atoms with Gasteiger partial charge in [-0.15, -0.1) is 0 Å². The summed E-state index contributed by atoms with van der Waals surface area (Å²) in [5.41, 5.74) is 0.604. The number of nitrogens with zero attached hydrogens (tertiary/aromatic N) is 1. The lowest BCUT2D eigenvalue weighted by Gasteiger charge is -2.19. The molecule has 1 N–H and O–H groups in total. The van der Waals surface area contributed by atoms with E-state index in [0.29, 0.717) is 18.5 Å². The first-order valence-electron chi connectivity index (χ1n) is 10.4. The maximum atomic E-state index is 13.2. The average Bonchev–Trinajstić information content (AvgIpc) is 3.18. The van der Waals surface area contributed by atoms with E-state index in [1.807, 2.05) is 44.2 Å². The van der Waals surface area contributed by atoms with Crippen LogP contribution < -0.4 is 5.32 Å². The molecule has 0 bridgehead atoms. The van der Waals surface area contributed by atoms with Crippen LogP contribution in [-0.2, 0) is 22.3 Å². The number of carbonyl (C=O) groups is 2. The minimum atomic E-state index is -4.47. The molecule has 2 aromatic rings. The average molecular weight is 432 g/mol. The fourth-order valence-electron chi connectivity index (χ4n) is 3.95. The number of hydrogen-bond acceptors (Lipinski definition) is 2. The highest BCUT2D eigenvalue weighted by Gasteiger charge is 2.41. The summed E-state index contributed by atoms with van der Waals surface area (Å²) in [6.45, 7) is 4.62. The summed E-state index contributed by atoms with van der Waals surface area (Å²) in [7, 11) is 0. The van der Waals surface area contributed by atoms with Gasteiger partial charge in [-0.2, -0.15) is 13.2 Å². The van der Waals surface area contributed by atoms with E-state index in [0.717, 1.165) is 17.7 Å². The maximum Gasteiger partial charge on any atom is 0.416 e. The van der Waals surface area contributed by atoms with Gasteiger partial charge < -0.3 is 10.2 Å². The van der Waals surface area contributed by atoms with Gasteiger partial charge >= 0.3 is 6.18 Å². The molecule has 7 heteroatoms. The Bertz CT molecular complexity index is 913. The second-order valence-corrected chi connectivity index (χ2v) is 8.44. The Hall–Kier alpha value is -2.83. The Morgan fingerprint density at radius 3 is 2.42 bits per heavy atom. The molecule has 2 aromatic carbocycles. The van der Waals surface area contributed by atoms with E-state index in [1.54, 1.807) is 11.0 Å². The molecular weight excluding hydrogens is 405 g/mol. The summed E-state index contributed by atoms with van der Waals surface area (Å²) in [4.78, 5) is 27.2. The lowest BCUT2D eigenvalue weighted by molar-refractivity contribution is -0.137. The lowest BCUT2D eigenvalue weighted by Crippen LogP contribution is -2.35. The first-order chi connectivity index (χ1) is 14.6. The summed E-state index contributed by atoms with van der Waals surface area (Å²) >= 11 is 0. The zero-order valence-electron chi connectivity index (χ0n) is 17.7. The molecular formula is C24H27F3N2O2. The Kier molecular flexibility index (Phi) is 7.03. The Labute approximate surface area is 180 Å². The summed E-state index contributed by atoms with van der Waals surface area (Å²) in [5, 5.41) is 2.89. The predicted octanol–water partition coefficient (Wildman–Crippen LogP) is 4.61. The molecule has 1 aliphatic heterocycles. The van der Waals surface area contributed by atoms with E-state index < -0.39 is 23.6 Å². The highest BCUT2D eigenvalue weighted by Crippen LogP contribution is 2.37. The number of carbonyl (C=O) groups excluding carboxylic acids is 2. The van der Waals surface area contributed by atoms with Crippen molar-refractivity contribution in [2.45, 2.75) is 38.9 Å². The van der Waals surface area contributed by atoms with Crippen molar-refractivity contribution >= 4 is 11.8 Å². The van der Waals surface area contributed by atoms with Crippen molar-refractivity contribution < 1.29 is 22.8 Å². The molecule has 166 valence electrons. The summed E-state index contributed by atoms with van der Waals surface area (Å²) < 4.78 is 39.7. The van der Waals surface area contributed by atoms with Crippen LogP contribution in [0.25, 0.3) is 0 Å². The Morgan fingerprint density at radius 1 is 1.06 bits per heavy atom. The molecule has 1 aliphatic rings. The van der Waals surface area contributed by atoms with Gasteiger partial charge in [0.25, 0.3) is 0 Å². The zero-order valence-corrected chi connectivity index (χ0v) is 17.7. The summed E-state index contributed by atoms with van der Waals surface area (Å²) in [6, 6.07) is 14.5. The highest BCUT2D eigenvalue weighted by atomic mass is 19.4. The van der Waals surface area contributed by atoms with Crippen molar-refractivity contribution in [2.24, 2.45) is 11.8 Å². The summed E-state index contributed by atoms with van der Waals surface area (Å²) in [6.07, 6.45) is -4.12. The van der Waals surface area contributed by atoms with Crippen LogP contribution in [0.2, 0.25) is 0 Å². The van der Waals surface area contributed by atoms with Gasteiger partial charge in [-0.3, -0.25) is 9.59 Å². The number of amides is 2. The van der Waals surface area contributed by atoms with Crippen molar-refractivity contribution in [2.75, 3.05) is 13.1 Å². The van der Waals surface area contributed by atoms with E-state index in [1.165, 1.54) is 6.07 Å². The fourth-order valence-corrected chi connectivity index (χ4v) is 3.95. The predicted molar refractivity (Wildman–Crippen MR) is 112 cm³/mol. The highest BCUT2D eigenvalue weighted by molar-refractivity contribution is 5.83. The molecule has 31 heavy (non-hydrogen) atoms. The van der Waals surface area contributed by atoms with Crippen LogP contribution in [0, 0.1) is 11.8 Å². The van der Waals surface area contributed by atoms with E-state index in [4.69, 9.17) is 0 Å². The minimum Gasteiger partial charge on any atom is -0.352 e. The molecule has 2 amide bonds. The summed E-state index contributed by atoms with van der Waals surface area (Å²) in [5.74, 6) is -1.28. The molecule has 4 nitrogen and oxygen atoms in total. The molecule has 1 heterocycles. The molecule has 0 radical (unpaired) electrons. The third-order valence-corrected chi connectivity index (χ3v) is 5.54. The first-order valence-corrected chi connectivity index (χ1v) is 10.4. The Morgan fingerprint density at radius 2 is 1.77 bits per heavy atom.